The summed E-state index contributed by atoms with van der Waals surface area (Å²) >= 11 is 0. The van der Waals surface area contributed by atoms with Crippen LogP contribution < -0.4 is 27.4 Å². The number of carboxylic acid groups (broad SMARTS) is 2. The maximum absolute atomic E-state index is 12.6. The van der Waals surface area contributed by atoms with Crippen LogP contribution in [0.2, 0.25) is 0 Å². The predicted octanol–water partition coefficient (Wildman–Crippen LogP) is -2.34. The van der Waals surface area contributed by atoms with Gasteiger partial charge >= 0.3 is 11.9 Å². The molecule has 0 radical (unpaired) electrons. The molecule has 4 amide bonds. The largest absolute Gasteiger partial charge is 0.481 e. The van der Waals surface area contributed by atoms with Gasteiger partial charge in [-0.25, -0.2) is 4.79 Å². The van der Waals surface area contributed by atoms with Gasteiger partial charge in [-0.2, -0.15) is 0 Å². The van der Waals surface area contributed by atoms with Crippen molar-refractivity contribution in [2.24, 2.45) is 17.4 Å². The van der Waals surface area contributed by atoms with Gasteiger partial charge in [-0.1, -0.05) is 20.3 Å². The number of carbonyl (C=O) groups is 6. The standard InChI is InChI=1S/C18H31N5O8/c1-4-8(2)14(18(30)31)23-17(29)11(7-12(20)24)22-16(28)10(5-6-13(25)26)21-15(27)9(3)19/h8-11,14H,4-7,19H2,1-3H3,(H2,20,24)(H,21,27)(H,22,28)(H,23,29)(H,25,26)(H,30,31). The molecular weight excluding hydrogens is 414 g/mol. The van der Waals surface area contributed by atoms with Crippen LogP contribution in [0.1, 0.15) is 46.5 Å². The van der Waals surface area contributed by atoms with Crippen molar-refractivity contribution < 1.29 is 39.0 Å². The molecule has 0 aliphatic rings. The number of carbonyl (C=O) groups excluding carboxylic acids is 4. The Bertz CT molecular complexity index is 696. The topological polar surface area (TPSA) is 231 Å². The van der Waals surface area contributed by atoms with E-state index in [4.69, 9.17) is 16.6 Å². The highest BCUT2D eigenvalue weighted by molar-refractivity contribution is 5.96. The number of nitrogens with two attached hydrogens (primary N) is 2. The predicted molar refractivity (Wildman–Crippen MR) is 107 cm³/mol. The molecule has 0 rings (SSSR count). The molecule has 0 aromatic rings. The lowest BCUT2D eigenvalue weighted by atomic mass is 9.98. The molecule has 0 saturated heterocycles. The number of carboxylic acids is 2. The first-order valence-corrected chi connectivity index (χ1v) is 9.69. The molecule has 0 bridgehead atoms. The van der Waals surface area contributed by atoms with Crippen LogP contribution in [-0.4, -0.2) is 69.9 Å². The zero-order chi connectivity index (χ0) is 24.3. The van der Waals surface area contributed by atoms with E-state index >= 15 is 0 Å². The average molecular weight is 445 g/mol. The van der Waals surface area contributed by atoms with Gasteiger partial charge < -0.3 is 37.6 Å². The fourth-order valence-corrected chi connectivity index (χ4v) is 2.46. The van der Waals surface area contributed by atoms with E-state index in [2.05, 4.69) is 16.0 Å². The minimum Gasteiger partial charge on any atom is -0.481 e. The number of hydrogen-bond donors (Lipinski definition) is 7. The van der Waals surface area contributed by atoms with Crippen molar-refractivity contribution in [3.8, 4) is 0 Å². The summed E-state index contributed by atoms with van der Waals surface area (Å²) in [4.78, 5) is 70.7. The minimum atomic E-state index is -1.53. The second-order valence-electron chi connectivity index (χ2n) is 7.22. The Morgan fingerprint density at radius 2 is 1.39 bits per heavy atom. The molecule has 13 heteroatoms. The first-order valence-electron chi connectivity index (χ1n) is 9.69. The number of aliphatic carboxylic acids is 2. The zero-order valence-electron chi connectivity index (χ0n) is 17.7. The first kappa shape index (κ1) is 27.8. The van der Waals surface area contributed by atoms with E-state index in [-0.39, 0.29) is 6.42 Å². The van der Waals surface area contributed by atoms with Crippen LogP contribution >= 0.6 is 0 Å². The third-order valence-corrected chi connectivity index (χ3v) is 4.51. The molecule has 0 aliphatic carbocycles. The number of rotatable bonds is 14. The Morgan fingerprint density at radius 1 is 0.871 bits per heavy atom. The van der Waals surface area contributed by atoms with E-state index in [0.717, 1.165) is 0 Å². The molecule has 5 unspecified atom stereocenters. The lowest BCUT2D eigenvalue weighted by Crippen LogP contribution is -2.58. The van der Waals surface area contributed by atoms with Crippen molar-refractivity contribution in [2.45, 2.75) is 70.6 Å². The summed E-state index contributed by atoms with van der Waals surface area (Å²) in [5.41, 5.74) is 10.6. The molecule has 0 aromatic heterocycles. The molecule has 31 heavy (non-hydrogen) atoms. The van der Waals surface area contributed by atoms with E-state index in [1.54, 1.807) is 13.8 Å². The number of primary amides is 1. The van der Waals surface area contributed by atoms with Crippen LogP contribution in [0, 0.1) is 5.92 Å². The average Bonchev–Trinajstić information content (AvgIpc) is 2.66. The van der Waals surface area contributed by atoms with Crippen molar-refractivity contribution >= 4 is 35.6 Å². The SMILES string of the molecule is CCC(C)C(NC(=O)C(CC(N)=O)NC(=O)C(CCC(=O)O)NC(=O)C(C)N)C(=O)O. The summed E-state index contributed by atoms with van der Waals surface area (Å²) < 4.78 is 0. The van der Waals surface area contributed by atoms with Gasteiger partial charge in [-0.3, -0.25) is 24.0 Å². The molecule has 0 heterocycles. The molecular formula is C18H31N5O8. The molecule has 0 saturated carbocycles. The first-order chi connectivity index (χ1) is 14.3. The van der Waals surface area contributed by atoms with Crippen molar-refractivity contribution in [1.29, 1.82) is 0 Å². The van der Waals surface area contributed by atoms with E-state index in [0.29, 0.717) is 6.42 Å². The van der Waals surface area contributed by atoms with Gasteiger partial charge in [-0.05, 0) is 19.3 Å². The Labute approximate surface area is 179 Å². The smallest absolute Gasteiger partial charge is 0.326 e. The minimum absolute atomic E-state index is 0.310. The van der Waals surface area contributed by atoms with Gasteiger partial charge in [0.1, 0.15) is 18.1 Å². The second kappa shape index (κ2) is 13.2. The Balaban J connectivity index is 5.54. The summed E-state index contributed by atoms with van der Waals surface area (Å²) in [6, 6.07) is -5.15. The third-order valence-electron chi connectivity index (χ3n) is 4.51. The van der Waals surface area contributed by atoms with E-state index in [9.17, 15) is 33.9 Å². The maximum atomic E-state index is 12.6. The van der Waals surface area contributed by atoms with Crippen molar-refractivity contribution in [3.63, 3.8) is 0 Å². The fraction of sp³-hybridized carbons (Fsp3) is 0.667. The molecule has 176 valence electrons. The third kappa shape index (κ3) is 10.4. The zero-order valence-corrected chi connectivity index (χ0v) is 17.7. The Hall–Kier alpha value is -3.22. The Morgan fingerprint density at radius 3 is 1.81 bits per heavy atom. The van der Waals surface area contributed by atoms with E-state index < -0.39 is 78.5 Å². The quantitative estimate of drug-likeness (QED) is 0.151. The summed E-state index contributed by atoms with van der Waals surface area (Å²) in [6.07, 6.45) is -0.990. The van der Waals surface area contributed by atoms with Gasteiger partial charge in [0.05, 0.1) is 12.5 Å². The maximum Gasteiger partial charge on any atom is 0.326 e. The summed E-state index contributed by atoms with van der Waals surface area (Å²) in [5, 5.41) is 24.9. The van der Waals surface area contributed by atoms with Crippen LogP contribution in [0.25, 0.3) is 0 Å². The fourth-order valence-electron chi connectivity index (χ4n) is 2.46. The van der Waals surface area contributed by atoms with Crippen LogP contribution in [-0.2, 0) is 28.8 Å². The van der Waals surface area contributed by atoms with Gasteiger partial charge in [0.15, 0.2) is 0 Å². The molecule has 0 aliphatic heterocycles. The van der Waals surface area contributed by atoms with Crippen molar-refractivity contribution in [3.05, 3.63) is 0 Å². The summed E-state index contributed by atoms with van der Waals surface area (Å²) in [6.45, 7) is 4.68. The van der Waals surface area contributed by atoms with E-state index in [1.165, 1.54) is 6.92 Å². The monoisotopic (exact) mass is 445 g/mol. The Kier molecular flexibility index (Phi) is 11.8. The van der Waals surface area contributed by atoms with Gasteiger partial charge in [0, 0.05) is 6.42 Å². The molecule has 0 spiro atoms. The summed E-state index contributed by atoms with van der Waals surface area (Å²) in [5.74, 6) is -6.56. The molecule has 5 atom stereocenters. The lowest BCUT2D eigenvalue weighted by molar-refractivity contribution is -0.144. The van der Waals surface area contributed by atoms with Crippen molar-refractivity contribution in [1.82, 2.24) is 16.0 Å². The normalized spacial score (nSPS) is 15.5. The molecule has 0 aromatic carbocycles. The van der Waals surface area contributed by atoms with E-state index in [1.807, 2.05) is 0 Å². The van der Waals surface area contributed by atoms with Crippen molar-refractivity contribution in [2.75, 3.05) is 0 Å². The second-order valence-corrected chi connectivity index (χ2v) is 7.22. The molecule has 9 N–H and O–H groups in total. The van der Waals surface area contributed by atoms with Crippen LogP contribution in [0.5, 0.6) is 0 Å². The highest BCUT2D eigenvalue weighted by atomic mass is 16.4. The van der Waals surface area contributed by atoms with Crippen LogP contribution in [0.15, 0.2) is 0 Å². The van der Waals surface area contributed by atoms with Gasteiger partial charge in [0.25, 0.3) is 0 Å². The highest BCUT2D eigenvalue weighted by Gasteiger charge is 2.32. The summed E-state index contributed by atoms with van der Waals surface area (Å²) in [7, 11) is 0. The van der Waals surface area contributed by atoms with Crippen LogP contribution in [0.4, 0.5) is 0 Å². The van der Waals surface area contributed by atoms with Crippen LogP contribution in [0.3, 0.4) is 0 Å². The van der Waals surface area contributed by atoms with Gasteiger partial charge in [0.2, 0.25) is 23.6 Å². The number of amides is 4. The highest BCUT2D eigenvalue weighted by Crippen LogP contribution is 2.09. The number of hydrogen-bond acceptors (Lipinski definition) is 7. The molecule has 13 nitrogen and oxygen atoms in total. The van der Waals surface area contributed by atoms with Gasteiger partial charge in [-0.15, -0.1) is 0 Å². The number of nitrogens with one attached hydrogen (secondary N) is 3. The molecule has 0 fully saturated rings. The lowest BCUT2D eigenvalue weighted by Gasteiger charge is -2.25.